The summed E-state index contributed by atoms with van der Waals surface area (Å²) in [7, 11) is 0. The summed E-state index contributed by atoms with van der Waals surface area (Å²) >= 11 is 0. The molecule has 94 valence electrons. The number of hydrogen-bond acceptors (Lipinski definition) is 4. The number of ketones is 1. The molecule has 0 saturated carbocycles. The fraction of sp³-hybridized carbons (Fsp3) is 0.0667. The number of nitrogens with zero attached hydrogens (tertiary/aromatic N) is 1. The SMILES string of the molecule is N#Cc1ccccc1NCC(=O)c1cccc(N)c1. The number of rotatable bonds is 4. The minimum absolute atomic E-state index is 0.0694. The third kappa shape index (κ3) is 3.11. The average Bonchev–Trinajstić information content (AvgIpc) is 2.45. The molecule has 4 nitrogen and oxygen atoms in total. The first-order chi connectivity index (χ1) is 9.20. The largest absolute Gasteiger partial charge is 0.399 e. The summed E-state index contributed by atoms with van der Waals surface area (Å²) in [4.78, 5) is 12.0. The average molecular weight is 251 g/mol. The van der Waals surface area contributed by atoms with Crippen molar-refractivity contribution >= 4 is 17.2 Å². The molecule has 0 aromatic heterocycles. The molecule has 2 aromatic carbocycles. The van der Waals surface area contributed by atoms with Gasteiger partial charge in [0.15, 0.2) is 5.78 Å². The number of nitrogen functional groups attached to an aromatic ring is 1. The molecule has 3 N–H and O–H groups in total. The fourth-order valence-corrected chi connectivity index (χ4v) is 1.72. The molecule has 0 spiro atoms. The van der Waals surface area contributed by atoms with Crippen LogP contribution in [0.5, 0.6) is 0 Å². The van der Waals surface area contributed by atoms with Crippen LogP contribution in [0.3, 0.4) is 0 Å². The van der Waals surface area contributed by atoms with Gasteiger partial charge in [0, 0.05) is 11.3 Å². The van der Waals surface area contributed by atoms with E-state index in [1.54, 1.807) is 42.5 Å². The van der Waals surface area contributed by atoms with Gasteiger partial charge in [-0.2, -0.15) is 5.26 Å². The summed E-state index contributed by atoms with van der Waals surface area (Å²) in [6.07, 6.45) is 0. The number of para-hydroxylation sites is 1. The Kier molecular flexibility index (Phi) is 3.79. The second-order valence-corrected chi connectivity index (χ2v) is 4.06. The Morgan fingerprint density at radius 3 is 2.74 bits per heavy atom. The van der Waals surface area contributed by atoms with Crippen LogP contribution in [0.4, 0.5) is 11.4 Å². The van der Waals surface area contributed by atoms with Gasteiger partial charge in [-0.15, -0.1) is 0 Å². The van der Waals surface area contributed by atoms with Crippen LogP contribution in [0.1, 0.15) is 15.9 Å². The van der Waals surface area contributed by atoms with Crippen molar-refractivity contribution in [3.8, 4) is 6.07 Å². The van der Waals surface area contributed by atoms with E-state index in [1.165, 1.54) is 0 Å². The molecule has 0 aliphatic carbocycles. The molecule has 19 heavy (non-hydrogen) atoms. The van der Waals surface area contributed by atoms with Crippen LogP contribution in [0.15, 0.2) is 48.5 Å². The number of nitrogens with two attached hydrogens (primary N) is 1. The predicted molar refractivity (Wildman–Crippen MR) is 74.8 cm³/mol. The van der Waals surface area contributed by atoms with Crippen molar-refractivity contribution in [1.82, 2.24) is 0 Å². The highest BCUT2D eigenvalue weighted by Gasteiger charge is 2.07. The standard InChI is InChI=1S/C15H13N3O/c16-9-12-4-1-2-7-14(12)18-10-15(19)11-5-3-6-13(17)8-11/h1-8,18H,10,17H2. The van der Waals surface area contributed by atoms with Crippen molar-refractivity contribution < 1.29 is 4.79 Å². The van der Waals surface area contributed by atoms with E-state index < -0.39 is 0 Å². The highest BCUT2D eigenvalue weighted by Crippen LogP contribution is 2.14. The monoisotopic (exact) mass is 251 g/mol. The van der Waals surface area contributed by atoms with Gasteiger partial charge in [-0.05, 0) is 24.3 Å². The zero-order chi connectivity index (χ0) is 13.7. The van der Waals surface area contributed by atoms with E-state index in [0.29, 0.717) is 22.5 Å². The Morgan fingerprint density at radius 1 is 1.21 bits per heavy atom. The van der Waals surface area contributed by atoms with Crippen LogP contribution in [0.25, 0.3) is 0 Å². The van der Waals surface area contributed by atoms with E-state index in [4.69, 9.17) is 11.0 Å². The number of benzene rings is 2. The van der Waals surface area contributed by atoms with Crippen LogP contribution >= 0.6 is 0 Å². The maximum atomic E-state index is 12.0. The highest BCUT2D eigenvalue weighted by molar-refractivity contribution is 5.99. The molecular formula is C15H13N3O. The van der Waals surface area contributed by atoms with Crippen LogP contribution in [0.2, 0.25) is 0 Å². The molecule has 0 fully saturated rings. The van der Waals surface area contributed by atoms with E-state index in [0.717, 1.165) is 0 Å². The molecule has 2 rings (SSSR count). The molecule has 0 saturated heterocycles. The van der Waals surface area contributed by atoms with Gasteiger partial charge in [0.05, 0.1) is 17.8 Å². The van der Waals surface area contributed by atoms with Gasteiger partial charge in [-0.25, -0.2) is 0 Å². The lowest BCUT2D eigenvalue weighted by Gasteiger charge is -2.07. The summed E-state index contributed by atoms with van der Waals surface area (Å²) in [5.74, 6) is -0.0694. The van der Waals surface area contributed by atoms with Gasteiger partial charge < -0.3 is 11.1 Å². The predicted octanol–water partition coefficient (Wildman–Crippen LogP) is 2.44. The smallest absolute Gasteiger partial charge is 0.181 e. The van der Waals surface area contributed by atoms with Crippen molar-refractivity contribution in [3.63, 3.8) is 0 Å². The second-order valence-electron chi connectivity index (χ2n) is 4.06. The Balaban J connectivity index is 2.07. The molecule has 4 heteroatoms. The molecule has 0 amide bonds. The normalized spacial score (nSPS) is 9.63. The van der Waals surface area contributed by atoms with Crippen molar-refractivity contribution in [2.75, 3.05) is 17.6 Å². The van der Waals surface area contributed by atoms with Crippen LogP contribution in [-0.4, -0.2) is 12.3 Å². The number of carbonyl (C=O) groups excluding carboxylic acids is 1. The van der Waals surface area contributed by atoms with Crippen molar-refractivity contribution in [1.29, 1.82) is 5.26 Å². The number of nitriles is 1. The summed E-state index contributed by atoms with van der Waals surface area (Å²) in [6.45, 7) is 0.127. The summed E-state index contributed by atoms with van der Waals surface area (Å²) in [5, 5.41) is 11.9. The van der Waals surface area contributed by atoms with Crippen LogP contribution < -0.4 is 11.1 Å². The first kappa shape index (κ1) is 12.7. The molecule has 0 heterocycles. The Labute approximate surface area is 111 Å². The molecule has 0 aliphatic rings. The molecule has 0 aliphatic heterocycles. The van der Waals surface area contributed by atoms with E-state index in [9.17, 15) is 4.79 Å². The van der Waals surface area contributed by atoms with E-state index in [2.05, 4.69) is 11.4 Å². The highest BCUT2D eigenvalue weighted by atomic mass is 16.1. The molecule has 0 atom stereocenters. The zero-order valence-electron chi connectivity index (χ0n) is 10.3. The first-order valence-corrected chi connectivity index (χ1v) is 5.82. The van der Waals surface area contributed by atoms with Gasteiger partial charge in [0.25, 0.3) is 0 Å². The number of carbonyl (C=O) groups is 1. The molecule has 0 bridgehead atoms. The van der Waals surface area contributed by atoms with E-state index in [1.807, 2.05) is 6.07 Å². The lowest BCUT2D eigenvalue weighted by Crippen LogP contribution is -2.14. The summed E-state index contributed by atoms with van der Waals surface area (Å²) in [5.41, 5.74) is 7.92. The fourth-order valence-electron chi connectivity index (χ4n) is 1.72. The van der Waals surface area contributed by atoms with Gasteiger partial charge in [0.1, 0.15) is 6.07 Å². The number of nitrogens with one attached hydrogen (secondary N) is 1. The maximum absolute atomic E-state index is 12.0. The number of Topliss-reactive ketones (excluding diaryl/α,β-unsaturated/α-hetero) is 1. The Bertz CT molecular complexity index is 644. The van der Waals surface area contributed by atoms with Gasteiger partial charge in [0.2, 0.25) is 0 Å². The summed E-state index contributed by atoms with van der Waals surface area (Å²) < 4.78 is 0. The summed E-state index contributed by atoms with van der Waals surface area (Å²) in [6, 6.07) is 16.0. The first-order valence-electron chi connectivity index (χ1n) is 5.82. The van der Waals surface area contributed by atoms with Gasteiger partial charge >= 0.3 is 0 Å². The number of anilines is 2. The lowest BCUT2D eigenvalue weighted by molar-refractivity contribution is 0.101. The zero-order valence-corrected chi connectivity index (χ0v) is 10.3. The van der Waals surface area contributed by atoms with Crippen molar-refractivity contribution in [3.05, 3.63) is 59.7 Å². The Hall–Kier alpha value is -2.80. The van der Waals surface area contributed by atoms with E-state index >= 15 is 0 Å². The van der Waals surface area contributed by atoms with Crippen LogP contribution in [-0.2, 0) is 0 Å². The van der Waals surface area contributed by atoms with Crippen molar-refractivity contribution in [2.24, 2.45) is 0 Å². The number of hydrogen-bond donors (Lipinski definition) is 2. The molecule has 0 radical (unpaired) electrons. The minimum Gasteiger partial charge on any atom is -0.399 e. The Morgan fingerprint density at radius 2 is 2.00 bits per heavy atom. The quantitative estimate of drug-likeness (QED) is 0.646. The topological polar surface area (TPSA) is 78.9 Å². The maximum Gasteiger partial charge on any atom is 0.181 e. The lowest BCUT2D eigenvalue weighted by atomic mass is 10.1. The van der Waals surface area contributed by atoms with Crippen LogP contribution in [0, 0.1) is 11.3 Å². The molecule has 0 unspecified atom stereocenters. The van der Waals surface area contributed by atoms with Gasteiger partial charge in [-0.1, -0.05) is 24.3 Å². The van der Waals surface area contributed by atoms with Crippen molar-refractivity contribution in [2.45, 2.75) is 0 Å². The second kappa shape index (κ2) is 5.69. The third-order valence-corrected chi connectivity index (χ3v) is 2.70. The minimum atomic E-state index is -0.0694. The molecule has 2 aromatic rings. The molecular weight excluding hydrogens is 238 g/mol. The van der Waals surface area contributed by atoms with E-state index in [-0.39, 0.29) is 12.3 Å². The van der Waals surface area contributed by atoms with Gasteiger partial charge in [-0.3, -0.25) is 4.79 Å². The third-order valence-electron chi connectivity index (χ3n) is 2.70.